The lowest BCUT2D eigenvalue weighted by Crippen LogP contribution is -2.54. The van der Waals surface area contributed by atoms with Gasteiger partial charge in [0.2, 0.25) is 5.88 Å². The second-order valence-electron chi connectivity index (χ2n) is 11.5. The number of alkyl halides is 2. The van der Waals surface area contributed by atoms with Crippen molar-refractivity contribution in [2.24, 2.45) is 0 Å². The van der Waals surface area contributed by atoms with E-state index in [1.807, 2.05) is 37.3 Å². The lowest BCUT2D eigenvalue weighted by atomic mass is 10.1. The SMILES string of the molecule is COC(=O)N1CCN(c2cc(-c3cccc(OC)c3)cnc2O[C@H]2C[C@@H](C(=O)O)N(c3cc(-c4cccs4)nc(C(F)F)n3)C2)[C@@H](C)C1. The molecule has 0 spiro atoms. The molecule has 5 heterocycles. The summed E-state index contributed by atoms with van der Waals surface area (Å²) in [5.41, 5.74) is 2.63. The van der Waals surface area contributed by atoms with Gasteiger partial charge in [-0.2, -0.15) is 0 Å². The molecule has 6 rings (SSSR count). The molecule has 15 heteroatoms. The third-order valence-corrected chi connectivity index (χ3v) is 9.32. The van der Waals surface area contributed by atoms with Gasteiger partial charge in [0.05, 0.1) is 31.3 Å². The van der Waals surface area contributed by atoms with Crippen LogP contribution in [-0.2, 0) is 9.53 Å². The van der Waals surface area contributed by atoms with Crippen LogP contribution in [-0.4, -0.2) is 95.6 Å². The maximum absolute atomic E-state index is 13.9. The van der Waals surface area contributed by atoms with Crippen molar-refractivity contribution in [1.82, 2.24) is 19.9 Å². The molecule has 2 aliphatic heterocycles. The number of thiophene rings is 1. The summed E-state index contributed by atoms with van der Waals surface area (Å²) in [4.78, 5) is 43.4. The van der Waals surface area contributed by atoms with Crippen LogP contribution in [0.2, 0.25) is 0 Å². The molecule has 4 aromatic rings. The summed E-state index contributed by atoms with van der Waals surface area (Å²) >= 11 is 1.33. The molecule has 1 amide bonds. The number of halogens is 2. The Morgan fingerprint density at radius 2 is 1.85 bits per heavy atom. The second-order valence-corrected chi connectivity index (χ2v) is 12.4. The number of anilines is 2. The molecule has 0 bridgehead atoms. The number of carbonyl (C=O) groups excluding carboxylic acids is 1. The summed E-state index contributed by atoms with van der Waals surface area (Å²) < 4.78 is 44.6. The van der Waals surface area contributed by atoms with Crippen LogP contribution in [0.25, 0.3) is 21.7 Å². The fraction of sp³-hybridized carbons (Fsp3) is 0.364. The minimum atomic E-state index is -2.95. The van der Waals surface area contributed by atoms with E-state index in [1.54, 1.807) is 35.7 Å². The summed E-state index contributed by atoms with van der Waals surface area (Å²) in [6.45, 7) is 3.32. The molecule has 2 aliphatic rings. The highest BCUT2D eigenvalue weighted by molar-refractivity contribution is 7.13. The third-order valence-electron chi connectivity index (χ3n) is 8.42. The number of aromatic nitrogens is 3. The van der Waals surface area contributed by atoms with E-state index in [0.717, 1.165) is 11.1 Å². The lowest BCUT2D eigenvalue weighted by molar-refractivity contribution is -0.138. The number of carbonyl (C=O) groups is 2. The number of benzene rings is 1. The average molecular weight is 681 g/mol. The summed E-state index contributed by atoms with van der Waals surface area (Å²) in [6, 6.07) is 13.4. The van der Waals surface area contributed by atoms with Crippen LogP contribution in [0.5, 0.6) is 11.6 Å². The molecule has 0 radical (unpaired) electrons. The minimum absolute atomic E-state index is 0.0576. The third kappa shape index (κ3) is 6.81. The number of methoxy groups -OCH3 is 2. The van der Waals surface area contributed by atoms with E-state index >= 15 is 0 Å². The molecule has 2 saturated heterocycles. The number of nitrogens with zero attached hydrogens (tertiary/aromatic N) is 6. The van der Waals surface area contributed by atoms with Gasteiger partial charge < -0.3 is 34.0 Å². The van der Waals surface area contributed by atoms with Crippen LogP contribution >= 0.6 is 11.3 Å². The van der Waals surface area contributed by atoms with Gasteiger partial charge in [0.1, 0.15) is 29.4 Å². The highest BCUT2D eigenvalue weighted by Gasteiger charge is 2.40. The molecule has 1 aromatic carbocycles. The number of pyridine rings is 1. The molecular weight excluding hydrogens is 646 g/mol. The van der Waals surface area contributed by atoms with Crippen molar-refractivity contribution in [3.63, 3.8) is 0 Å². The first kappa shape index (κ1) is 32.9. The second kappa shape index (κ2) is 14.0. The highest BCUT2D eigenvalue weighted by Crippen LogP contribution is 2.38. The van der Waals surface area contributed by atoms with Crippen molar-refractivity contribution >= 4 is 34.9 Å². The molecule has 2 fully saturated rings. The number of hydrogen-bond donors (Lipinski definition) is 1. The zero-order chi connectivity index (χ0) is 33.9. The fourth-order valence-electron chi connectivity index (χ4n) is 6.08. The molecule has 1 N–H and O–H groups in total. The van der Waals surface area contributed by atoms with E-state index < -0.39 is 36.5 Å². The zero-order valence-electron chi connectivity index (χ0n) is 26.5. The Labute approximate surface area is 279 Å². The van der Waals surface area contributed by atoms with E-state index in [1.165, 1.54) is 29.4 Å². The summed E-state index contributed by atoms with van der Waals surface area (Å²) in [5, 5.41) is 12.0. The molecule has 252 valence electrons. The van der Waals surface area contributed by atoms with Crippen LogP contribution in [0, 0.1) is 0 Å². The van der Waals surface area contributed by atoms with Crippen molar-refractivity contribution in [2.75, 3.05) is 50.2 Å². The molecule has 12 nitrogen and oxygen atoms in total. The first-order chi connectivity index (χ1) is 23.1. The number of aliphatic carboxylic acids is 1. The van der Waals surface area contributed by atoms with Crippen LogP contribution in [0.1, 0.15) is 25.6 Å². The van der Waals surface area contributed by atoms with E-state index in [-0.39, 0.29) is 36.4 Å². The summed E-state index contributed by atoms with van der Waals surface area (Å²) in [7, 11) is 2.94. The maximum Gasteiger partial charge on any atom is 0.409 e. The molecule has 3 aromatic heterocycles. The first-order valence-electron chi connectivity index (χ1n) is 15.3. The Hall–Kier alpha value is -5.05. The Kier molecular flexibility index (Phi) is 9.57. The van der Waals surface area contributed by atoms with Crippen molar-refractivity contribution in [2.45, 2.75) is 38.0 Å². The Morgan fingerprint density at radius 3 is 2.54 bits per heavy atom. The van der Waals surface area contributed by atoms with Gasteiger partial charge in [-0.05, 0) is 42.1 Å². The normalized spacial score (nSPS) is 19.5. The minimum Gasteiger partial charge on any atom is -0.497 e. The summed E-state index contributed by atoms with van der Waals surface area (Å²) in [5.74, 6) is -0.767. The van der Waals surface area contributed by atoms with Gasteiger partial charge in [-0.15, -0.1) is 11.3 Å². The van der Waals surface area contributed by atoms with Gasteiger partial charge in [0, 0.05) is 49.9 Å². The number of hydrogen-bond acceptors (Lipinski definition) is 11. The van der Waals surface area contributed by atoms with Gasteiger partial charge >= 0.3 is 12.1 Å². The predicted molar refractivity (Wildman–Crippen MR) is 175 cm³/mol. The van der Waals surface area contributed by atoms with Crippen LogP contribution in [0.4, 0.5) is 25.1 Å². The van der Waals surface area contributed by atoms with Gasteiger partial charge in [0.15, 0.2) is 5.82 Å². The largest absolute Gasteiger partial charge is 0.497 e. The van der Waals surface area contributed by atoms with Crippen molar-refractivity contribution in [1.29, 1.82) is 0 Å². The van der Waals surface area contributed by atoms with E-state index in [2.05, 4.69) is 14.9 Å². The smallest absolute Gasteiger partial charge is 0.409 e. The van der Waals surface area contributed by atoms with Gasteiger partial charge in [0.25, 0.3) is 6.43 Å². The van der Waals surface area contributed by atoms with E-state index in [4.69, 9.17) is 19.2 Å². The van der Waals surface area contributed by atoms with E-state index in [0.29, 0.717) is 35.9 Å². The molecule has 3 atom stereocenters. The Morgan fingerprint density at radius 1 is 1.02 bits per heavy atom. The number of rotatable bonds is 9. The lowest BCUT2D eigenvalue weighted by Gasteiger charge is -2.41. The van der Waals surface area contributed by atoms with Crippen LogP contribution in [0.15, 0.2) is 60.1 Å². The quantitative estimate of drug-likeness (QED) is 0.237. The number of carboxylic acid groups (broad SMARTS) is 1. The van der Waals surface area contributed by atoms with Gasteiger partial charge in [-0.1, -0.05) is 18.2 Å². The molecule has 0 aliphatic carbocycles. The average Bonchev–Trinajstić information content (AvgIpc) is 3.79. The Bertz CT molecular complexity index is 1780. The topological polar surface area (TPSA) is 130 Å². The number of carboxylic acids is 1. The molecule has 0 saturated carbocycles. The first-order valence-corrected chi connectivity index (χ1v) is 16.1. The maximum atomic E-state index is 13.9. The molecule has 48 heavy (non-hydrogen) atoms. The highest BCUT2D eigenvalue weighted by atomic mass is 32.1. The fourth-order valence-corrected chi connectivity index (χ4v) is 6.77. The van der Waals surface area contributed by atoms with Gasteiger partial charge in [-0.3, -0.25) is 0 Å². The molecule has 0 unspecified atom stereocenters. The Balaban J connectivity index is 1.33. The monoisotopic (exact) mass is 680 g/mol. The molecular formula is C33H34F2N6O6S. The van der Waals surface area contributed by atoms with Crippen molar-refractivity contribution in [3.8, 4) is 33.3 Å². The van der Waals surface area contributed by atoms with Gasteiger partial charge in [-0.25, -0.2) is 33.3 Å². The van der Waals surface area contributed by atoms with Crippen molar-refractivity contribution in [3.05, 3.63) is 65.9 Å². The summed E-state index contributed by atoms with van der Waals surface area (Å²) in [6.07, 6.45) is -2.28. The standard InChI is InChI=1S/C33H34F2N6O6S/c1-19-17-39(33(44)46-3)9-10-40(19)25-13-21(20-6-4-7-22(12-20)45-2)16-36-31(25)47-23-14-26(32(42)43)41(18-23)28-15-24(27-8-5-11-48-27)37-30(38-28)29(34)35/h4-8,11-13,15-16,19,23,26,29H,9-10,14,17-18H2,1-3H3,(H,42,43)/t19-,23-,26-/m0/s1. The van der Waals surface area contributed by atoms with E-state index in [9.17, 15) is 23.5 Å². The van der Waals surface area contributed by atoms with Crippen LogP contribution < -0.4 is 19.3 Å². The number of ether oxygens (including phenoxy) is 3. The van der Waals surface area contributed by atoms with Crippen LogP contribution in [0.3, 0.4) is 0 Å². The number of piperazine rings is 1. The number of amides is 1. The van der Waals surface area contributed by atoms with Crippen molar-refractivity contribution < 1.29 is 37.7 Å². The zero-order valence-corrected chi connectivity index (χ0v) is 27.3. The predicted octanol–water partition coefficient (Wildman–Crippen LogP) is 5.60.